The molecule has 1 aliphatic rings. The van der Waals surface area contributed by atoms with E-state index in [0.717, 1.165) is 0 Å². The Morgan fingerprint density at radius 1 is 1.19 bits per heavy atom. The lowest BCUT2D eigenvalue weighted by Crippen LogP contribution is -2.57. The van der Waals surface area contributed by atoms with Crippen molar-refractivity contribution in [3.8, 4) is 5.75 Å². The van der Waals surface area contributed by atoms with Crippen LogP contribution in [-0.4, -0.2) is 43.0 Å². The van der Waals surface area contributed by atoms with Gasteiger partial charge < -0.3 is 14.5 Å². The van der Waals surface area contributed by atoms with E-state index in [4.69, 9.17) is 4.74 Å². The molecule has 2 aromatic rings. The first-order valence-electron chi connectivity index (χ1n) is 8.45. The van der Waals surface area contributed by atoms with Crippen molar-refractivity contribution in [2.75, 3.05) is 25.1 Å². The number of hydrogen-bond donors (Lipinski definition) is 0. The van der Waals surface area contributed by atoms with E-state index in [1.165, 1.54) is 23.0 Å². The molecule has 1 aliphatic heterocycles. The average molecular weight is 356 g/mol. The van der Waals surface area contributed by atoms with Crippen LogP contribution in [0.15, 0.2) is 42.5 Å². The summed E-state index contributed by atoms with van der Waals surface area (Å²) in [4.78, 5) is 28.7. The molecule has 0 aliphatic carbocycles. The fourth-order valence-corrected chi connectivity index (χ4v) is 3.13. The highest BCUT2D eigenvalue weighted by molar-refractivity contribution is 6.04. The second-order valence-corrected chi connectivity index (χ2v) is 6.30. The SMILES string of the molecule is COc1ccccc1C(=O)N1CCN(c2ccc(C)c(F)c2)C(=O)C1C. The lowest BCUT2D eigenvalue weighted by Gasteiger charge is -2.39. The van der Waals surface area contributed by atoms with Crippen LogP contribution in [0.3, 0.4) is 0 Å². The van der Waals surface area contributed by atoms with E-state index in [0.29, 0.717) is 35.7 Å². The maximum Gasteiger partial charge on any atom is 0.258 e. The van der Waals surface area contributed by atoms with E-state index >= 15 is 0 Å². The first-order valence-corrected chi connectivity index (χ1v) is 8.45. The standard InChI is InChI=1S/C20H21FN2O3/c1-13-8-9-15(12-17(13)21)23-11-10-22(14(2)19(23)24)20(25)16-6-4-5-7-18(16)26-3/h4-9,12,14H,10-11H2,1-3H3. The van der Waals surface area contributed by atoms with Crippen LogP contribution >= 0.6 is 0 Å². The smallest absolute Gasteiger partial charge is 0.258 e. The lowest BCUT2D eigenvalue weighted by atomic mass is 10.1. The van der Waals surface area contributed by atoms with E-state index in [9.17, 15) is 14.0 Å². The molecule has 1 saturated heterocycles. The topological polar surface area (TPSA) is 49.9 Å². The predicted molar refractivity (Wildman–Crippen MR) is 97.0 cm³/mol. The van der Waals surface area contributed by atoms with Crippen molar-refractivity contribution in [1.82, 2.24) is 4.90 Å². The number of para-hydroxylation sites is 1. The summed E-state index contributed by atoms with van der Waals surface area (Å²) in [6.07, 6.45) is 0. The zero-order valence-electron chi connectivity index (χ0n) is 15.0. The Hall–Kier alpha value is -2.89. The van der Waals surface area contributed by atoms with Gasteiger partial charge in [0.1, 0.15) is 17.6 Å². The van der Waals surface area contributed by atoms with E-state index in [1.807, 2.05) is 0 Å². The molecule has 1 atom stereocenters. The zero-order valence-corrected chi connectivity index (χ0v) is 15.0. The molecule has 2 aromatic carbocycles. The highest BCUT2D eigenvalue weighted by Crippen LogP contribution is 2.26. The summed E-state index contributed by atoms with van der Waals surface area (Å²) in [6, 6.07) is 11.0. The minimum atomic E-state index is -0.648. The number of aryl methyl sites for hydroxylation is 1. The van der Waals surface area contributed by atoms with Gasteiger partial charge in [-0.15, -0.1) is 0 Å². The number of anilines is 1. The molecule has 0 saturated carbocycles. The minimum Gasteiger partial charge on any atom is -0.496 e. The van der Waals surface area contributed by atoms with Crippen molar-refractivity contribution >= 4 is 17.5 Å². The fourth-order valence-electron chi connectivity index (χ4n) is 3.13. The number of rotatable bonds is 3. The number of piperazine rings is 1. The van der Waals surface area contributed by atoms with Gasteiger partial charge in [-0.2, -0.15) is 0 Å². The first kappa shape index (κ1) is 17.9. The largest absolute Gasteiger partial charge is 0.496 e. The Bertz CT molecular complexity index is 853. The average Bonchev–Trinajstić information content (AvgIpc) is 2.65. The lowest BCUT2D eigenvalue weighted by molar-refractivity contribution is -0.124. The van der Waals surface area contributed by atoms with E-state index in [-0.39, 0.29) is 17.6 Å². The maximum absolute atomic E-state index is 13.9. The zero-order chi connectivity index (χ0) is 18.8. The van der Waals surface area contributed by atoms with Gasteiger partial charge in [-0.25, -0.2) is 4.39 Å². The molecule has 0 spiro atoms. The second-order valence-electron chi connectivity index (χ2n) is 6.30. The van der Waals surface area contributed by atoms with Gasteiger partial charge in [0.2, 0.25) is 5.91 Å². The van der Waals surface area contributed by atoms with Gasteiger partial charge in [-0.1, -0.05) is 18.2 Å². The molecule has 0 radical (unpaired) electrons. The van der Waals surface area contributed by atoms with Crippen molar-refractivity contribution in [1.29, 1.82) is 0 Å². The van der Waals surface area contributed by atoms with E-state index < -0.39 is 6.04 Å². The molecular weight excluding hydrogens is 335 g/mol. The molecule has 26 heavy (non-hydrogen) atoms. The Labute approximate surface area is 152 Å². The number of carbonyl (C=O) groups excluding carboxylic acids is 2. The fraction of sp³-hybridized carbons (Fsp3) is 0.300. The third-order valence-electron chi connectivity index (χ3n) is 4.72. The molecule has 0 bridgehead atoms. The molecule has 1 unspecified atom stereocenters. The van der Waals surface area contributed by atoms with Gasteiger partial charge in [-0.3, -0.25) is 9.59 Å². The number of carbonyl (C=O) groups is 2. The highest BCUT2D eigenvalue weighted by atomic mass is 19.1. The summed E-state index contributed by atoms with van der Waals surface area (Å²) in [5.74, 6) is -0.364. The van der Waals surface area contributed by atoms with Crippen LogP contribution in [0.4, 0.5) is 10.1 Å². The Morgan fingerprint density at radius 2 is 1.92 bits per heavy atom. The molecule has 5 nitrogen and oxygen atoms in total. The Balaban J connectivity index is 1.83. The summed E-state index contributed by atoms with van der Waals surface area (Å²) in [6.45, 7) is 4.03. The van der Waals surface area contributed by atoms with Gasteiger partial charge in [0.05, 0.1) is 12.7 Å². The number of benzene rings is 2. The number of ether oxygens (including phenoxy) is 1. The summed E-state index contributed by atoms with van der Waals surface area (Å²) in [5.41, 5.74) is 1.46. The molecule has 3 rings (SSSR count). The number of methoxy groups -OCH3 is 1. The third-order valence-corrected chi connectivity index (χ3v) is 4.72. The summed E-state index contributed by atoms with van der Waals surface area (Å²) >= 11 is 0. The molecule has 1 heterocycles. The molecular formula is C20H21FN2O3. The summed E-state index contributed by atoms with van der Waals surface area (Å²) in [5, 5.41) is 0. The Kier molecular flexibility index (Phi) is 4.93. The van der Waals surface area contributed by atoms with Crippen LogP contribution in [-0.2, 0) is 4.79 Å². The number of nitrogens with zero attached hydrogens (tertiary/aromatic N) is 2. The van der Waals surface area contributed by atoms with Crippen molar-refractivity contribution in [2.24, 2.45) is 0 Å². The Morgan fingerprint density at radius 3 is 2.62 bits per heavy atom. The second kappa shape index (κ2) is 7.15. The summed E-state index contributed by atoms with van der Waals surface area (Å²) in [7, 11) is 1.50. The van der Waals surface area contributed by atoms with Crippen LogP contribution in [0.25, 0.3) is 0 Å². The van der Waals surface area contributed by atoms with Gasteiger partial charge in [0.15, 0.2) is 0 Å². The van der Waals surface area contributed by atoms with Crippen LogP contribution < -0.4 is 9.64 Å². The molecule has 136 valence electrons. The van der Waals surface area contributed by atoms with Crippen LogP contribution in [0, 0.1) is 12.7 Å². The van der Waals surface area contributed by atoms with Gasteiger partial charge >= 0.3 is 0 Å². The molecule has 0 aromatic heterocycles. The summed E-state index contributed by atoms with van der Waals surface area (Å²) < 4.78 is 19.1. The van der Waals surface area contributed by atoms with Gasteiger partial charge in [0, 0.05) is 18.8 Å². The molecule has 0 N–H and O–H groups in total. The van der Waals surface area contributed by atoms with Gasteiger partial charge in [-0.05, 0) is 43.7 Å². The highest BCUT2D eigenvalue weighted by Gasteiger charge is 2.36. The first-order chi connectivity index (χ1) is 12.4. The van der Waals surface area contributed by atoms with Crippen molar-refractivity contribution in [3.63, 3.8) is 0 Å². The van der Waals surface area contributed by atoms with Crippen LogP contribution in [0.1, 0.15) is 22.8 Å². The van der Waals surface area contributed by atoms with Crippen LogP contribution in [0.2, 0.25) is 0 Å². The van der Waals surface area contributed by atoms with E-state index in [2.05, 4.69) is 0 Å². The van der Waals surface area contributed by atoms with Crippen molar-refractivity contribution < 1.29 is 18.7 Å². The molecule has 1 fully saturated rings. The van der Waals surface area contributed by atoms with Crippen LogP contribution in [0.5, 0.6) is 5.75 Å². The normalized spacial score (nSPS) is 17.4. The molecule has 2 amide bonds. The van der Waals surface area contributed by atoms with Crippen molar-refractivity contribution in [2.45, 2.75) is 19.9 Å². The minimum absolute atomic E-state index is 0.234. The number of amides is 2. The number of halogens is 1. The quantitative estimate of drug-likeness (QED) is 0.849. The maximum atomic E-state index is 13.9. The van der Waals surface area contributed by atoms with E-state index in [1.54, 1.807) is 50.2 Å². The monoisotopic (exact) mass is 356 g/mol. The van der Waals surface area contributed by atoms with Crippen molar-refractivity contribution in [3.05, 3.63) is 59.4 Å². The third kappa shape index (κ3) is 3.14. The predicted octanol–water partition coefficient (Wildman–Crippen LogP) is 3.02. The van der Waals surface area contributed by atoms with Gasteiger partial charge in [0.25, 0.3) is 5.91 Å². The number of hydrogen-bond acceptors (Lipinski definition) is 3. The molecule has 6 heteroatoms.